The van der Waals surface area contributed by atoms with E-state index in [1.54, 1.807) is 27.5 Å². The summed E-state index contributed by atoms with van der Waals surface area (Å²) in [6, 6.07) is 14.8. The van der Waals surface area contributed by atoms with Crippen molar-refractivity contribution in [2.45, 2.75) is 30.2 Å². The quantitative estimate of drug-likeness (QED) is 0.448. The van der Waals surface area contributed by atoms with Crippen LogP contribution in [0.1, 0.15) is 22.4 Å². The predicted molar refractivity (Wildman–Crippen MR) is 115 cm³/mol. The Hall–Kier alpha value is -2.64. The maximum atomic E-state index is 12.7. The van der Waals surface area contributed by atoms with Crippen molar-refractivity contribution < 1.29 is 0 Å². The summed E-state index contributed by atoms with van der Waals surface area (Å²) in [7, 11) is 0. The number of aromatic nitrogens is 4. The number of hydrogen-bond acceptors (Lipinski definition) is 5. The van der Waals surface area contributed by atoms with Gasteiger partial charge < -0.3 is 0 Å². The van der Waals surface area contributed by atoms with E-state index in [1.807, 2.05) is 6.07 Å². The lowest BCUT2D eigenvalue weighted by Gasteiger charge is -2.03. The fourth-order valence-electron chi connectivity index (χ4n) is 4.07. The highest BCUT2D eigenvalue weighted by Crippen LogP contribution is 2.38. The summed E-state index contributed by atoms with van der Waals surface area (Å²) in [6.45, 7) is 0. The topological polar surface area (TPSA) is 63.0 Å². The van der Waals surface area contributed by atoms with Crippen molar-refractivity contribution in [1.29, 1.82) is 0 Å². The molecule has 1 N–H and O–H groups in total. The number of rotatable bonds is 3. The SMILES string of the molecule is O=c1[nH]c2sc3c(c2c2nnc(SCc4ccc5ccccc5c4)n12)CCC3. The Morgan fingerprint density at radius 1 is 1.11 bits per heavy atom. The van der Waals surface area contributed by atoms with E-state index >= 15 is 0 Å². The maximum absolute atomic E-state index is 12.7. The average molecular weight is 405 g/mol. The molecule has 0 saturated heterocycles. The number of fused-ring (bicyclic) bond motifs is 6. The Bertz CT molecular complexity index is 1430. The van der Waals surface area contributed by atoms with Crippen LogP contribution in [0.4, 0.5) is 0 Å². The summed E-state index contributed by atoms with van der Waals surface area (Å²) in [6.07, 6.45) is 3.34. The van der Waals surface area contributed by atoms with E-state index in [4.69, 9.17) is 0 Å². The molecule has 2 aromatic carbocycles. The third kappa shape index (κ3) is 2.43. The van der Waals surface area contributed by atoms with Crippen LogP contribution in [-0.4, -0.2) is 19.6 Å². The zero-order chi connectivity index (χ0) is 18.7. The van der Waals surface area contributed by atoms with Gasteiger partial charge in [-0.05, 0) is 41.2 Å². The molecule has 1 aliphatic carbocycles. The van der Waals surface area contributed by atoms with E-state index in [-0.39, 0.29) is 5.69 Å². The monoisotopic (exact) mass is 404 g/mol. The second-order valence-corrected chi connectivity index (χ2v) is 9.15. The molecular formula is C21H16N4OS2. The third-order valence-electron chi connectivity index (χ3n) is 5.38. The molecule has 0 spiro atoms. The van der Waals surface area contributed by atoms with Crippen LogP contribution >= 0.6 is 23.1 Å². The normalized spacial score (nSPS) is 13.7. The molecule has 5 aromatic rings. The van der Waals surface area contributed by atoms with Crippen LogP contribution in [0, 0.1) is 0 Å². The molecule has 0 fully saturated rings. The minimum absolute atomic E-state index is 0.159. The molecule has 3 aromatic heterocycles. The van der Waals surface area contributed by atoms with Gasteiger partial charge in [0.2, 0.25) is 0 Å². The van der Waals surface area contributed by atoms with Gasteiger partial charge in [-0.25, -0.2) is 9.20 Å². The van der Waals surface area contributed by atoms with Gasteiger partial charge in [0.15, 0.2) is 10.8 Å². The summed E-state index contributed by atoms with van der Waals surface area (Å²) in [5, 5.41) is 12.9. The minimum Gasteiger partial charge on any atom is -0.298 e. The smallest absolute Gasteiger partial charge is 0.298 e. The molecule has 0 amide bonds. The van der Waals surface area contributed by atoms with Gasteiger partial charge >= 0.3 is 5.69 Å². The first-order chi connectivity index (χ1) is 13.8. The number of nitrogens with one attached hydrogen (secondary N) is 1. The van der Waals surface area contributed by atoms with Crippen LogP contribution in [0.2, 0.25) is 0 Å². The molecule has 0 aliphatic heterocycles. The van der Waals surface area contributed by atoms with Crippen LogP contribution < -0.4 is 5.69 Å². The molecule has 0 unspecified atom stereocenters. The van der Waals surface area contributed by atoms with Gasteiger partial charge in [-0.1, -0.05) is 54.2 Å². The molecule has 6 rings (SSSR count). The van der Waals surface area contributed by atoms with Gasteiger partial charge in [0.25, 0.3) is 0 Å². The summed E-state index contributed by atoms with van der Waals surface area (Å²) < 4.78 is 1.64. The summed E-state index contributed by atoms with van der Waals surface area (Å²) >= 11 is 3.24. The predicted octanol–water partition coefficient (Wildman–Crippen LogP) is 4.57. The van der Waals surface area contributed by atoms with Crippen molar-refractivity contribution in [3.63, 3.8) is 0 Å². The van der Waals surface area contributed by atoms with Crippen molar-refractivity contribution in [1.82, 2.24) is 19.6 Å². The Balaban J connectivity index is 1.41. The maximum Gasteiger partial charge on any atom is 0.334 e. The van der Waals surface area contributed by atoms with Crippen LogP contribution in [0.5, 0.6) is 0 Å². The molecule has 0 saturated carbocycles. The molecule has 28 heavy (non-hydrogen) atoms. The molecule has 138 valence electrons. The second kappa shape index (κ2) is 6.18. The summed E-state index contributed by atoms with van der Waals surface area (Å²) in [4.78, 5) is 18.1. The molecule has 7 heteroatoms. The van der Waals surface area contributed by atoms with Crippen molar-refractivity contribution in [2.75, 3.05) is 0 Å². The van der Waals surface area contributed by atoms with Gasteiger partial charge in [0.05, 0.1) is 5.39 Å². The minimum atomic E-state index is -0.159. The number of H-pyrrole nitrogens is 1. The lowest BCUT2D eigenvalue weighted by molar-refractivity contribution is 0.873. The lowest BCUT2D eigenvalue weighted by atomic mass is 10.1. The number of benzene rings is 2. The van der Waals surface area contributed by atoms with Crippen molar-refractivity contribution in [3.05, 3.63) is 69.0 Å². The van der Waals surface area contributed by atoms with E-state index in [0.29, 0.717) is 10.8 Å². The number of thiophene rings is 1. The fourth-order valence-corrected chi connectivity index (χ4v) is 6.21. The highest BCUT2D eigenvalue weighted by Gasteiger charge is 2.23. The van der Waals surface area contributed by atoms with Gasteiger partial charge in [-0.3, -0.25) is 4.98 Å². The third-order valence-corrected chi connectivity index (χ3v) is 7.59. The number of nitrogens with zero attached hydrogens (tertiary/aromatic N) is 3. The van der Waals surface area contributed by atoms with Crippen molar-refractivity contribution in [2.24, 2.45) is 0 Å². The number of aryl methyl sites for hydroxylation is 2. The average Bonchev–Trinajstić information content (AvgIpc) is 3.40. The zero-order valence-electron chi connectivity index (χ0n) is 14.9. The first kappa shape index (κ1) is 16.3. The molecule has 1 aliphatic rings. The fraction of sp³-hybridized carbons (Fsp3) is 0.190. The largest absolute Gasteiger partial charge is 0.334 e. The second-order valence-electron chi connectivity index (χ2n) is 7.10. The first-order valence-corrected chi connectivity index (χ1v) is 11.1. The van der Waals surface area contributed by atoms with E-state index in [9.17, 15) is 4.79 Å². The van der Waals surface area contributed by atoms with Gasteiger partial charge in [-0.2, -0.15) is 0 Å². The number of aromatic amines is 1. The van der Waals surface area contributed by atoms with E-state index in [2.05, 4.69) is 51.6 Å². The molecule has 0 atom stereocenters. The molecule has 0 radical (unpaired) electrons. The van der Waals surface area contributed by atoms with Gasteiger partial charge in [-0.15, -0.1) is 21.5 Å². The highest BCUT2D eigenvalue weighted by atomic mass is 32.2. The number of hydrogen-bond donors (Lipinski definition) is 1. The van der Waals surface area contributed by atoms with Crippen molar-refractivity contribution in [3.8, 4) is 0 Å². The van der Waals surface area contributed by atoms with Gasteiger partial charge in [0.1, 0.15) is 4.83 Å². The summed E-state index contributed by atoms with van der Waals surface area (Å²) in [5.74, 6) is 0.741. The zero-order valence-corrected chi connectivity index (χ0v) is 16.6. The standard InChI is InChI=1S/C21H16N4OS2/c26-20-22-19-17(15-6-3-7-16(15)28-19)18-23-24-21(25(18)20)27-11-12-8-9-13-4-1-2-5-14(13)10-12/h1-2,4-5,8-10H,3,6-7,11H2,(H,22,26). The Morgan fingerprint density at radius 3 is 2.93 bits per heavy atom. The van der Waals surface area contributed by atoms with Crippen LogP contribution in [0.25, 0.3) is 26.6 Å². The lowest BCUT2D eigenvalue weighted by Crippen LogP contribution is -2.16. The molecular weight excluding hydrogens is 388 g/mol. The van der Waals surface area contributed by atoms with E-state index in [1.165, 1.54) is 33.2 Å². The molecule has 0 bridgehead atoms. The van der Waals surface area contributed by atoms with Crippen LogP contribution in [0.3, 0.4) is 0 Å². The van der Waals surface area contributed by atoms with Crippen LogP contribution in [-0.2, 0) is 18.6 Å². The Morgan fingerprint density at radius 2 is 2.00 bits per heavy atom. The Kier molecular flexibility index (Phi) is 3.61. The van der Waals surface area contributed by atoms with E-state index in [0.717, 1.165) is 28.8 Å². The van der Waals surface area contributed by atoms with Crippen molar-refractivity contribution >= 4 is 49.7 Å². The highest BCUT2D eigenvalue weighted by molar-refractivity contribution is 7.98. The van der Waals surface area contributed by atoms with Crippen LogP contribution in [0.15, 0.2) is 52.4 Å². The Labute approximate surface area is 168 Å². The number of thioether (sulfide) groups is 1. The van der Waals surface area contributed by atoms with E-state index < -0.39 is 0 Å². The van der Waals surface area contributed by atoms with Gasteiger partial charge in [0, 0.05) is 10.6 Å². The first-order valence-electron chi connectivity index (χ1n) is 9.30. The summed E-state index contributed by atoms with van der Waals surface area (Å²) in [5.41, 5.74) is 3.08. The molecule has 5 nitrogen and oxygen atoms in total. The molecule has 3 heterocycles.